The number of aliphatic carboxylic acids is 2. The molecule has 2 aliphatic rings. The topological polar surface area (TPSA) is 341 Å². The van der Waals surface area contributed by atoms with E-state index >= 15 is 0 Å². The number of nitrogens with zero attached hydrogens (tertiary/aromatic N) is 8. The zero-order valence-electron chi connectivity index (χ0n) is 34.9. The van der Waals surface area contributed by atoms with E-state index < -0.39 is 29.9 Å². The van der Waals surface area contributed by atoms with Crippen molar-refractivity contribution >= 4 is 81.1 Å². The average molecular weight is 874 g/mol. The van der Waals surface area contributed by atoms with Gasteiger partial charge in [-0.1, -0.05) is 19.3 Å². The molecule has 0 spiro atoms. The second kappa shape index (κ2) is 18.9. The normalized spacial score (nSPS) is 14.5. The number of aromatic nitrogens is 7. The summed E-state index contributed by atoms with van der Waals surface area (Å²) in [4.78, 5) is 81.6. The number of hydrazone groups is 1. The molecule has 332 valence electrons. The number of benzene rings is 2. The maximum absolute atomic E-state index is 12.8. The van der Waals surface area contributed by atoms with Gasteiger partial charge in [-0.2, -0.15) is 20.2 Å². The van der Waals surface area contributed by atoms with Crippen molar-refractivity contribution in [1.82, 2.24) is 45.4 Å². The van der Waals surface area contributed by atoms with E-state index in [1.165, 1.54) is 18.6 Å². The number of hydrogen-bond donors (Lipinski definition) is 9. The third-order valence-electron chi connectivity index (χ3n) is 11.0. The highest BCUT2D eigenvalue weighted by atomic mass is 16.4. The molecule has 0 bridgehead atoms. The summed E-state index contributed by atoms with van der Waals surface area (Å²) in [6.07, 6.45) is 11.6. The number of hydrogen-bond acceptors (Lipinski definition) is 15. The van der Waals surface area contributed by atoms with Gasteiger partial charge in [0, 0.05) is 65.7 Å². The lowest BCUT2D eigenvalue weighted by Gasteiger charge is -2.26. The fraction of sp³-hybridized carbons (Fsp3) is 0.310. The highest BCUT2D eigenvalue weighted by Crippen LogP contribution is 2.35. The van der Waals surface area contributed by atoms with Crippen LogP contribution in [0.25, 0.3) is 33.3 Å². The number of carbonyl (C=O) groups is 5. The van der Waals surface area contributed by atoms with E-state index in [2.05, 4.69) is 51.2 Å². The summed E-state index contributed by atoms with van der Waals surface area (Å²) in [7, 11) is 3.66. The number of anilines is 4. The molecule has 1 aliphatic carbocycles. The van der Waals surface area contributed by atoms with Crippen molar-refractivity contribution in [3.63, 3.8) is 0 Å². The Morgan fingerprint density at radius 1 is 1.02 bits per heavy atom. The van der Waals surface area contributed by atoms with Gasteiger partial charge in [0.15, 0.2) is 17.0 Å². The first kappa shape index (κ1) is 44.1. The van der Waals surface area contributed by atoms with Crippen LogP contribution in [0, 0.1) is 5.92 Å². The fourth-order valence-electron chi connectivity index (χ4n) is 7.69. The molecule has 3 amide bonds. The Morgan fingerprint density at radius 2 is 1.77 bits per heavy atom. The number of aryl methyl sites for hydroxylation is 1. The number of nitrogens with one attached hydrogen (secondary N) is 4. The molecule has 2 aromatic carbocycles. The molecule has 1 aliphatic heterocycles. The summed E-state index contributed by atoms with van der Waals surface area (Å²) in [5.41, 5.74) is 26.7. The third-order valence-corrected chi connectivity index (χ3v) is 11.0. The molecule has 1 fully saturated rings. The number of nitrogen functional groups attached to an aromatic ring is 2. The van der Waals surface area contributed by atoms with Crippen molar-refractivity contribution in [3.8, 4) is 11.3 Å². The molecule has 6 aromatic rings. The molecular formula is C42H47N15O7. The second-order valence-corrected chi connectivity index (χ2v) is 15.6. The Balaban J connectivity index is 0.000000192. The molecular weight excluding hydrogens is 827 g/mol. The number of carbonyl (C=O) groups excluding carboxylic acids is 3. The summed E-state index contributed by atoms with van der Waals surface area (Å²) in [5.74, 6) is -3.26. The lowest BCUT2D eigenvalue weighted by atomic mass is 9.84. The predicted octanol–water partition coefficient (Wildman–Crippen LogP) is 2.76. The van der Waals surface area contributed by atoms with Gasteiger partial charge in [0.25, 0.3) is 11.8 Å². The first-order valence-corrected chi connectivity index (χ1v) is 20.3. The van der Waals surface area contributed by atoms with Crippen molar-refractivity contribution in [3.05, 3.63) is 77.4 Å². The number of amides is 3. The van der Waals surface area contributed by atoms with E-state index in [1.54, 1.807) is 41.5 Å². The monoisotopic (exact) mass is 873 g/mol. The summed E-state index contributed by atoms with van der Waals surface area (Å²) in [6.45, 7) is 0.370. The molecule has 4 aromatic heterocycles. The van der Waals surface area contributed by atoms with Crippen LogP contribution in [0.3, 0.4) is 0 Å². The largest absolute Gasteiger partial charge is 0.481 e. The van der Waals surface area contributed by atoms with E-state index in [4.69, 9.17) is 22.3 Å². The number of rotatable bonds is 13. The van der Waals surface area contributed by atoms with Gasteiger partial charge in [-0.25, -0.2) is 20.2 Å². The van der Waals surface area contributed by atoms with Gasteiger partial charge < -0.3 is 47.9 Å². The van der Waals surface area contributed by atoms with Crippen LogP contribution in [0.2, 0.25) is 0 Å². The quantitative estimate of drug-likeness (QED) is 0.0805. The molecule has 5 heterocycles. The van der Waals surface area contributed by atoms with Gasteiger partial charge in [0.1, 0.15) is 6.04 Å². The van der Waals surface area contributed by atoms with Crippen LogP contribution in [0.4, 0.5) is 23.1 Å². The predicted molar refractivity (Wildman–Crippen MR) is 237 cm³/mol. The van der Waals surface area contributed by atoms with Crippen molar-refractivity contribution in [2.24, 2.45) is 23.8 Å². The summed E-state index contributed by atoms with van der Waals surface area (Å²) in [6, 6.07) is 8.12. The molecule has 22 heteroatoms. The van der Waals surface area contributed by atoms with Gasteiger partial charge >= 0.3 is 11.9 Å². The van der Waals surface area contributed by atoms with Gasteiger partial charge in [-0.3, -0.25) is 23.9 Å². The number of H-pyrrole nitrogens is 1. The Hall–Kier alpha value is -8.01. The molecule has 12 N–H and O–H groups in total. The molecule has 2 atom stereocenters. The number of fused-ring (bicyclic) bond motifs is 1. The number of nitrogens with two attached hydrogens (primary N) is 3. The molecule has 1 saturated carbocycles. The Kier molecular flexibility index (Phi) is 13.0. The lowest BCUT2D eigenvalue weighted by molar-refractivity contribution is -0.140. The van der Waals surface area contributed by atoms with E-state index in [0.717, 1.165) is 59.1 Å². The van der Waals surface area contributed by atoms with Gasteiger partial charge in [0.2, 0.25) is 11.9 Å². The minimum atomic E-state index is -1.30. The summed E-state index contributed by atoms with van der Waals surface area (Å²) >= 11 is 0. The third kappa shape index (κ3) is 10.0. The smallest absolute Gasteiger partial charge is 0.326 e. The van der Waals surface area contributed by atoms with E-state index in [1.807, 2.05) is 31.3 Å². The first-order valence-electron chi connectivity index (χ1n) is 20.3. The van der Waals surface area contributed by atoms with Crippen molar-refractivity contribution in [2.75, 3.05) is 28.7 Å². The van der Waals surface area contributed by atoms with Gasteiger partial charge in [0.05, 0.1) is 48.1 Å². The summed E-state index contributed by atoms with van der Waals surface area (Å²) < 4.78 is 1.71. The van der Waals surface area contributed by atoms with E-state index in [9.17, 15) is 29.1 Å². The maximum Gasteiger partial charge on any atom is 0.326 e. The Bertz CT molecular complexity index is 2780. The van der Waals surface area contributed by atoms with Crippen LogP contribution in [0.15, 0.2) is 60.1 Å². The van der Waals surface area contributed by atoms with E-state index in [-0.39, 0.29) is 47.9 Å². The Labute approximate surface area is 364 Å². The van der Waals surface area contributed by atoms with Gasteiger partial charge in [-0.05, 0) is 61.6 Å². The zero-order valence-corrected chi connectivity index (χ0v) is 34.9. The number of aromatic amines is 1. The van der Waals surface area contributed by atoms with Crippen molar-refractivity contribution in [2.45, 2.75) is 63.6 Å². The molecule has 0 saturated heterocycles. The highest BCUT2D eigenvalue weighted by Gasteiger charge is 2.28. The minimum Gasteiger partial charge on any atom is -0.481 e. The number of carboxylic acids is 2. The molecule has 64 heavy (non-hydrogen) atoms. The van der Waals surface area contributed by atoms with Crippen molar-refractivity contribution < 1.29 is 34.2 Å². The standard InChI is InChI=1S/C22H25N7O2.C20H22N8O5/c1-29-11-13(9-25-29)20-16-10-24-28-21(30)15-7-14(8-17(27-20)18(15)16)26-22(31)19(23)12-5-3-2-4-6-12;1-28(9-11-8-23-17-15(24-11)16(21)26-20(22)27-17)12-4-2-10(3-5-12)18(31)25-13(19(32)33)6-7-14(29)30/h7-12,19,27H,2-6,23H2,1H3,(H,26,31)(H,28,30);2-5,8,13H,6-7,9H2,1H3,(H,25,31)(H,29,30)(H,32,33)(H4,21,22,23,26,27)/t19-;13-/m10/s1. The maximum atomic E-state index is 12.8. The minimum absolute atomic E-state index is 0.0138. The molecule has 22 nitrogen and oxygen atoms in total. The van der Waals surface area contributed by atoms with Crippen molar-refractivity contribution in [1.29, 1.82) is 0 Å². The average Bonchev–Trinajstić information content (AvgIpc) is 3.83. The zero-order chi connectivity index (χ0) is 45.7. The van der Waals surface area contributed by atoms with Gasteiger partial charge in [-0.15, -0.1) is 0 Å². The van der Waals surface area contributed by atoms with Crippen LogP contribution >= 0.6 is 0 Å². The summed E-state index contributed by atoms with van der Waals surface area (Å²) in [5, 5.41) is 32.2. The SMILES string of the molecule is CN(Cc1cnc2nc(N)nc(N)c2n1)c1ccc(C(=O)N[C@@H](CCC(=O)O)C(=O)O)cc1.Cn1cc(-c2[nH]c3cc(NC(=O)[C@H](N)C4CCCCC4)cc4c3c2C=NNC4=O)cn1. The number of carboxylic acid groups (broad SMARTS) is 2. The molecule has 0 unspecified atom stereocenters. The first-order chi connectivity index (χ1) is 30.6. The van der Waals surface area contributed by atoms with Crippen LogP contribution < -0.4 is 38.2 Å². The van der Waals surface area contributed by atoms with Crippen LogP contribution in [0.5, 0.6) is 0 Å². The van der Waals surface area contributed by atoms with Crippen LogP contribution in [0.1, 0.15) is 76.9 Å². The lowest BCUT2D eigenvalue weighted by Crippen LogP contribution is -2.42. The van der Waals surface area contributed by atoms with E-state index in [0.29, 0.717) is 34.7 Å². The Morgan fingerprint density at radius 3 is 2.45 bits per heavy atom. The van der Waals surface area contributed by atoms with Crippen LogP contribution in [-0.2, 0) is 28.0 Å². The second-order valence-electron chi connectivity index (χ2n) is 15.6. The van der Waals surface area contributed by atoms with Crippen LogP contribution in [-0.4, -0.2) is 99.9 Å². The fourth-order valence-corrected chi connectivity index (χ4v) is 7.69. The molecule has 8 rings (SSSR count). The molecule has 0 radical (unpaired) electrons. The highest BCUT2D eigenvalue weighted by molar-refractivity contribution is 6.18.